The zero-order chi connectivity index (χ0) is 16.2. The second kappa shape index (κ2) is 6.91. The number of pyridine rings is 1. The SMILES string of the molecule is O=C(NCc1ccncc1)C1CC(=O)N(c2cccc(Br)c2)C1. The van der Waals surface area contributed by atoms with Crippen LogP contribution in [0.15, 0.2) is 53.3 Å². The van der Waals surface area contributed by atoms with Gasteiger partial charge in [-0.05, 0) is 35.9 Å². The van der Waals surface area contributed by atoms with Crippen LogP contribution in [0.3, 0.4) is 0 Å². The standard InChI is InChI=1S/C17H16BrN3O2/c18-14-2-1-3-15(9-14)21-11-13(8-16(21)22)17(23)20-10-12-4-6-19-7-5-12/h1-7,9,13H,8,10-11H2,(H,20,23). The van der Waals surface area contributed by atoms with E-state index in [1.54, 1.807) is 17.3 Å². The van der Waals surface area contributed by atoms with Crippen molar-refractivity contribution in [1.82, 2.24) is 10.3 Å². The van der Waals surface area contributed by atoms with Crippen molar-refractivity contribution in [3.63, 3.8) is 0 Å². The molecule has 2 heterocycles. The maximum Gasteiger partial charge on any atom is 0.227 e. The van der Waals surface area contributed by atoms with Gasteiger partial charge in [0.05, 0.1) is 5.92 Å². The number of nitrogens with one attached hydrogen (secondary N) is 1. The molecule has 0 radical (unpaired) electrons. The monoisotopic (exact) mass is 373 g/mol. The molecule has 1 atom stereocenters. The van der Waals surface area contributed by atoms with Crippen LogP contribution < -0.4 is 10.2 Å². The summed E-state index contributed by atoms with van der Waals surface area (Å²) in [5.41, 5.74) is 1.80. The fourth-order valence-corrected chi connectivity index (χ4v) is 3.00. The lowest BCUT2D eigenvalue weighted by atomic mass is 10.1. The molecule has 2 amide bonds. The third kappa shape index (κ3) is 3.76. The summed E-state index contributed by atoms with van der Waals surface area (Å²) in [4.78, 5) is 30.1. The topological polar surface area (TPSA) is 62.3 Å². The summed E-state index contributed by atoms with van der Waals surface area (Å²) in [6.07, 6.45) is 3.62. The molecule has 0 spiro atoms. The quantitative estimate of drug-likeness (QED) is 0.895. The Labute approximate surface area is 142 Å². The molecular weight excluding hydrogens is 358 g/mol. The van der Waals surface area contributed by atoms with Gasteiger partial charge >= 0.3 is 0 Å². The zero-order valence-electron chi connectivity index (χ0n) is 12.4. The number of rotatable bonds is 4. The van der Waals surface area contributed by atoms with Crippen molar-refractivity contribution in [3.05, 3.63) is 58.8 Å². The van der Waals surface area contributed by atoms with Gasteiger partial charge in [0.1, 0.15) is 0 Å². The van der Waals surface area contributed by atoms with Gasteiger partial charge in [-0.2, -0.15) is 0 Å². The van der Waals surface area contributed by atoms with Gasteiger partial charge in [0.2, 0.25) is 11.8 Å². The van der Waals surface area contributed by atoms with Crippen LogP contribution in [0.5, 0.6) is 0 Å². The lowest BCUT2D eigenvalue weighted by molar-refractivity contribution is -0.126. The molecule has 1 aromatic heterocycles. The molecule has 6 heteroatoms. The van der Waals surface area contributed by atoms with Gasteiger partial charge in [-0.25, -0.2) is 0 Å². The third-order valence-corrected chi connectivity index (χ3v) is 4.33. The Balaban J connectivity index is 1.62. The molecule has 5 nitrogen and oxygen atoms in total. The number of halogens is 1. The van der Waals surface area contributed by atoms with Gasteiger partial charge < -0.3 is 10.2 Å². The van der Waals surface area contributed by atoms with Crippen molar-refractivity contribution in [2.75, 3.05) is 11.4 Å². The molecular formula is C17H16BrN3O2. The van der Waals surface area contributed by atoms with E-state index in [-0.39, 0.29) is 24.2 Å². The zero-order valence-corrected chi connectivity index (χ0v) is 14.0. The maximum atomic E-state index is 12.3. The Bertz CT molecular complexity index is 721. The molecule has 0 saturated carbocycles. The van der Waals surface area contributed by atoms with E-state index in [0.717, 1.165) is 15.7 Å². The summed E-state index contributed by atoms with van der Waals surface area (Å²) in [7, 11) is 0. The first-order valence-corrected chi connectivity index (χ1v) is 8.15. The molecule has 1 N–H and O–H groups in total. The summed E-state index contributed by atoms with van der Waals surface area (Å²) < 4.78 is 0.911. The number of nitrogens with zero attached hydrogens (tertiary/aromatic N) is 2. The maximum absolute atomic E-state index is 12.3. The summed E-state index contributed by atoms with van der Waals surface area (Å²) in [5, 5.41) is 2.89. The van der Waals surface area contributed by atoms with Gasteiger partial charge in [0.25, 0.3) is 0 Å². The highest BCUT2D eigenvalue weighted by atomic mass is 79.9. The molecule has 1 fully saturated rings. The Morgan fingerprint density at radius 1 is 1.30 bits per heavy atom. The van der Waals surface area contributed by atoms with Gasteiger partial charge in [0.15, 0.2) is 0 Å². The number of carbonyl (C=O) groups is 2. The van der Waals surface area contributed by atoms with Crippen molar-refractivity contribution in [3.8, 4) is 0 Å². The fraction of sp³-hybridized carbons (Fsp3) is 0.235. The van der Waals surface area contributed by atoms with E-state index >= 15 is 0 Å². The van der Waals surface area contributed by atoms with Gasteiger partial charge in [-0.1, -0.05) is 22.0 Å². The Hall–Kier alpha value is -2.21. The van der Waals surface area contributed by atoms with Crippen LogP contribution in [0.1, 0.15) is 12.0 Å². The second-order valence-corrected chi connectivity index (χ2v) is 6.37. The van der Waals surface area contributed by atoms with Crippen LogP contribution in [-0.2, 0) is 16.1 Å². The van der Waals surface area contributed by atoms with E-state index in [1.807, 2.05) is 36.4 Å². The predicted octanol–water partition coefficient (Wildman–Crippen LogP) is 2.51. The Morgan fingerprint density at radius 3 is 2.83 bits per heavy atom. The highest BCUT2D eigenvalue weighted by molar-refractivity contribution is 9.10. The highest BCUT2D eigenvalue weighted by Gasteiger charge is 2.34. The van der Waals surface area contributed by atoms with Crippen LogP contribution in [0.25, 0.3) is 0 Å². The lowest BCUT2D eigenvalue weighted by Crippen LogP contribution is -2.32. The largest absolute Gasteiger partial charge is 0.352 e. The highest BCUT2D eigenvalue weighted by Crippen LogP contribution is 2.27. The van der Waals surface area contributed by atoms with E-state index in [4.69, 9.17) is 0 Å². The second-order valence-electron chi connectivity index (χ2n) is 5.46. The molecule has 118 valence electrons. The molecule has 1 aliphatic rings. The first kappa shape index (κ1) is 15.7. The summed E-state index contributed by atoms with van der Waals surface area (Å²) in [5.74, 6) is -0.428. The predicted molar refractivity (Wildman–Crippen MR) is 90.7 cm³/mol. The number of amides is 2. The van der Waals surface area contributed by atoms with Crippen molar-refractivity contribution in [1.29, 1.82) is 0 Å². The number of hydrogen-bond donors (Lipinski definition) is 1. The van der Waals surface area contributed by atoms with E-state index in [0.29, 0.717) is 13.1 Å². The average molecular weight is 374 g/mol. The van der Waals surface area contributed by atoms with Crippen molar-refractivity contribution in [2.45, 2.75) is 13.0 Å². The van der Waals surface area contributed by atoms with Gasteiger partial charge in [-0.15, -0.1) is 0 Å². The van der Waals surface area contributed by atoms with Crippen molar-refractivity contribution >= 4 is 33.4 Å². The number of hydrogen-bond acceptors (Lipinski definition) is 3. The summed E-state index contributed by atoms with van der Waals surface area (Å²) in [6.45, 7) is 0.862. The Morgan fingerprint density at radius 2 is 2.09 bits per heavy atom. The molecule has 0 bridgehead atoms. The van der Waals surface area contributed by atoms with Crippen LogP contribution in [0, 0.1) is 5.92 Å². The molecule has 0 aliphatic carbocycles. The molecule has 1 aliphatic heterocycles. The minimum atomic E-state index is -0.316. The molecule has 3 rings (SSSR count). The van der Waals surface area contributed by atoms with Gasteiger partial charge in [0, 0.05) is 42.1 Å². The molecule has 23 heavy (non-hydrogen) atoms. The van der Waals surface area contributed by atoms with Crippen molar-refractivity contribution < 1.29 is 9.59 Å². The summed E-state index contributed by atoms with van der Waals surface area (Å²) >= 11 is 3.40. The minimum absolute atomic E-state index is 0.0211. The average Bonchev–Trinajstić information content (AvgIpc) is 2.95. The minimum Gasteiger partial charge on any atom is -0.352 e. The van der Waals surface area contributed by atoms with Crippen LogP contribution in [0.2, 0.25) is 0 Å². The van der Waals surface area contributed by atoms with E-state index in [1.165, 1.54) is 0 Å². The Kier molecular flexibility index (Phi) is 4.71. The molecule has 1 aromatic carbocycles. The normalized spacial score (nSPS) is 17.3. The number of carbonyl (C=O) groups excluding carboxylic acids is 2. The van der Waals surface area contributed by atoms with Crippen LogP contribution >= 0.6 is 15.9 Å². The van der Waals surface area contributed by atoms with Gasteiger partial charge in [-0.3, -0.25) is 14.6 Å². The van der Waals surface area contributed by atoms with Crippen LogP contribution in [-0.4, -0.2) is 23.3 Å². The summed E-state index contributed by atoms with van der Waals surface area (Å²) in [6, 6.07) is 11.3. The third-order valence-electron chi connectivity index (χ3n) is 3.83. The van der Waals surface area contributed by atoms with E-state index < -0.39 is 0 Å². The first-order valence-electron chi connectivity index (χ1n) is 7.36. The first-order chi connectivity index (χ1) is 11.1. The lowest BCUT2D eigenvalue weighted by Gasteiger charge is -2.17. The number of anilines is 1. The smallest absolute Gasteiger partial charge is 0.227 e. The van der Waals surface area contributed by atoms with Crippen LogP contribution in [0.4, 0.5) is 5.69 Å². The fourth-order valence-electron chi connectivity index (χ4n) is 2.61. The molecule has 1 saturated heterocycles. The van der Waals surface area contributed by atoms with E-state index in [9.17, 15) is 9.59 Å². The number of aromatic nitrogens is 1. The van der Waals surface area contributed by atoms with E-state index in [2.05, 4.69) is 26.2 Å². The van der Waals surface area contributed by atoms with Crippen molar-refractivity contribution in [2.24, 2.45) is 5.92 Å². The number of benzene rings is 1. The molecule has 1 unspecified atom stereocenters. The molecule has 2 aromatic rings.